The van der Waals surface area contributed by atoms with Crippen LogP contribution in [0.1, 0.15) is 0 Å². The van der Waals surface area contributed by atoms with Gasteiger partial charge in [0.15, 0.2) is 0 Å². The predicted octanol–water partition coefficient (Wildman–Crippen LogP) is 0.921. The molecule has 0 saturated carbocycles. The number of amides is 1. The van der Waals surface area contributed by atoms with Gasteiger partial charge in [0.25, 0.3) is 15.9 Å². The van der Waals surface area contributed by atoms with E-state index in [9.17, 15) is 22.0 Å². The third-order valence-corrected chi connectivity index (χ3v) is 5.60. The summed E-state index contributed by atoms with van der Waals surface area (Å²) in [6, 6.07) is 2.90. The zero-order valence-corrected chi connectivity index (χ0v) is 14.5. The lowest BCUT2D eigenvalue weighted by molar-refractivity contribution is -0.121. The molecule has 0 aliphatic heterocycles. The van der Waals surface area contributed by atoms with E-state index >= 15 is 0 Å². The fraction of sp³-hybridized carbons (Fsp3) is 0.444. The fourth-order valence-electron chi connectivity index (χ4n) is 1.04. The van der Waals surface area contributed by atoms with E-state index in [4.69, 9.17) is 5.73 Å². The van der Waals surface area contributed by atoms with Crippen LogP contribution in [-0.4, -0.2) is 39.9 Å². The van der Waals surface area contributed by atoms with Gasteiger partial charge in [0, 0.05) is 0 Å². The van der Waals surface area contributed by atoms with Crippen molar-refractivity contribution in [2.45, 2.75) is 10.1 Å². The van der Waals surface area contributed by atoms with Crippen molar-refractivity contribution in [2.24, 2.45) is 5.73 Å². The quantitative estimate of drug-likeness (QED) is 0.601. The van der Waals surface area contributed by atoms with E-state index in [2.05, 4.69) is 15.9 Å². The highest BCUT2D eigenvalue weighted by molar-refractivity contribution is 9.11. The normalized spacial score (nSPS) is 11.8. The maximum Gasteiger partial charge on any atom is 0.277 e. The van der Waals surface area contributed by atoms with E-state index in [1.807, 2.05) is 10.0 Å². The Morgan fingerprint density at radius 2 is 2.05 bits per heavy atom. The molecule has 0 spiro atoms. The van der Waals surface area contributed by atoms with Crippen LogP contribution in [0.5, 0.6) is 0 Å². The van der Waals surface area contributed by atoms with E-state index in [0.717, 1.165) is 11.3 Å². The summed E-state index contributed by atoms with van der Waals surface area (Å²) in [6.07, 6.45) is 0. The highest BCUT2D eigenvalue weighted by Gasteiger charge is 2.27. The summed E-state index contributed by atoms with van der Waals surface area (Å²) in [6.45, 7) is -2.46. The molecular formula is C9H13BrClF2N3O3S2. The average Bonchev–Trinajstić information content (AvgIpc) is 2.82. The molecule has 0 aromatic carbocycles. The summed E-state index contributed by atoms with van der Waals surface area (Å²) < 4.78 is 51.7. The number of sulfonamides is 1. The largest absolute Gasteiger partial charge is 0.349 e. The highest BCUT2D eigenvalue weighted by Crippen LogP contribution is 2.25. The third-order valence-electron chi connectivity index (χ3n) is 2.08. The lowest BCUT2D eigenvalue weighted by atomic mass is 10.3. The number of carbonyl (C=O) groups is 1. The van der Waals surface area contributed by atoms with Gasteiger partial charge < -0.3 is 11.1 Å². The van der Waals surface area contributed by atoms with Crippen molar-refractivity contribution in [2.75, 3.05) is 19.6 Å². The van der Waals surface area contributed by atoms with Crippen molar-refractivity contribution in [1.29, 1.82) is 0 Å². The Morgan fingerprint density at radius 3 is 2.52 bits per heavy atom. The first-order valence-corrected chi connectivity index (χ1v) is 8.35. The van der Waals surface area contributed by atoms with Crippen LogP contribution in [0.3, 0.4) is 0 Å². The van der Waals surface area contributed by atoms with Crippen LogP contribution in [-0.2, 0) is 14.8 Å². The average molecular weight is 429 g/mol. The smallest absolute Gasteiger partial charge is 0.277 e. The lowest BCUT2D eigenvalue weighted by Crippen LogP contribution is -2.44. The molecule has 0 fully saturated rings. The SMILES string of the molecule is Cl.NCC(F)(F)CNC(=O)CNS(=O)(=O)c1ccc(Br)s1. The van der Waals surface area contributed by atoms with Gasteiger partial charge in [-0.1, -0.05) is 0 Å². The van der Waals surface area contributed by atoms with Crippen LogP contribution < -0.4 is 15.8 Å². The molecule has 4 N–H and O–H groups in total. The van der Waals surface area contributed by atoms with Gasteiger partial charge in [-0.2, -0.15) is 0 Å². The molecule has 6 nitrogen and oxygen atoms in total. The molecular weight excluding hydrogens is 416 g/mol. The van der Waals surface area contributed by atoms with Crippen molar-refractivity contribution in [3.05, 3.63) is 15.9 Å². The third kappa shape index (κ3) is 6.98. The summed E-state index contributed by atoms with van der Waals surface area (Å²) in [4.78, 5) is 11.3. The summed E-state index contributed by atoms with van der Waals surface area (Å²) in [5.74, 6) is -4.08. The van der Waals surface area contributed by atoms with Gasteiger partial charge in [0.05, 0.1) is 23.4 Å². The van der Waals surface area contributed by atoms with Crippen LogP contribution in [0.4, 0.5) is 8.78 Å². The zero-order valence-electron chi connectivity index (χ0n) is 10.4. The minimum atomic E-state index is -3.83. The van der Waals surface area contributed by atoms with Gasteiger partial charge >= 0.3 is 0 Å². The van der Waals surface area contributed by atoms with Gasteiger partial charge in [-0.15, -0.1) is 23.7 Å². The molecule has 1 aromatic rings. The Hall–Kier alpha value is -0.330. The van der Waals surface area contributed by atoms with Gasteiger partial charge in [-0.3, -0.25) is 4.79 Å². The van der Waals surface area contributed by atoms with E-state index in [1.165, 1.54) is 6.07 Å². The maximum absolute atomic E-state index is 12.8. The molecule has 122 valence electrons. The molecule has 21 heavy (non-hydrogen) atoms. The predicted molar refractivity (Wildman–Crippen MR) is 81.5 cm³/mol. The van der Waals surface area contributed by atoms with Crippen molar-refractivity contribution in [3.63, 3.8) is 0 Å². The fourth-order valence-corrected chi connectivity index (χ4v) is 4.07. The Balaban J connectivity index is 0.00000400. The first kappa shape index (κ1) is 20.7. The Labute approximate surface area is 139 Å². The molecule has 0 unspecified atom stereocenters. The van der Waals surface area contributed by atoms with Gasteiger partial charge in [0.1, 0.15) is 4.21 Å². The number of nitrogens with two attached hydrogens (primary N) is 1. The molecule has 1 aromatic heterocycles. The number of hydrogen-bond acceptors (Lipinski definition) is 5. The first-order chi connectivity index (χ1) is 9.16. The molecule has 12 heteroatoms. The summed E-state index contributed by atoms with van der Waals surface area (Å²) in [5.41, 5.74) is 4.80. The molecule has 0 saturated heterocycles. The number of halogens is 4. The Morgan fingerprint density at radius 1 is 1.43 bits per heavy atom. The molecule has 0 aliphatic carbocycles. The summed E-state index contributed by atoms with van der Waals surface area (Å²) >= 11 is 4.08. The second kappa shape index (κ2) is 8.34. The number of carbonyl (C=O) groups excluding carboxylic acids is 1. The summed E-state index contributed by atoms with van der Waals surface area (Å²) in [5, 5.41) is 1.90. The van der Waals surface area contributed by atoms with Crippen molar-refractivity contribution in [3.8, 4) is 0 Å². The highest BCUT2D eigenvalue weighted by atomic mass is 79.9. The number of alkyl halides is 2. The number of thiophene rings is 1. The molecule has 0 atom stereocenters. The molecule has 0 bridgehead atoms. The van der Waals surface area contributed by atoms with Gasteiger partial charge in [0.2, 0.25) is 5.91 Å². The van der Waals surface area contributed by atoms with Gasteiger partial charge in [-0.05, 0) is 28.1 Å². The number of rotatable bonds is 7. The van der Waals surface area contributed by atoms with Crippen LogP contribution in [0.25, 0.3) is 0 Å². The van der Waals surface area contributed by atoms with E-state index in [0.29, 0.717) is 3.79 Å². The van der Waals surface area contributed by atoms with E-state index < -0.39 is 41.5 Å². The van der Waals surface area contributed by atoms with E-state index in [1.54, 1.807) is 6.07 Å². The molecule has 0 radical (unpaired) electrons. The molecule has 1 rings (SSSR count). The molecule has 1 amide bonds. The minimum Gasteiger partial charge on any atom is -0.349 e. The molecule has 1 heterocycles. The van der Waals surface area contributed by atoms with Crippen molar-refractivity contribution < 1.29 is 22.0 Å². The zero-order chi connectivity index (χ0) is 15.4. The number of hydrogen-bond donors (Lipinski definition) is 3. The standard InChI is InChI=1S/C9H12BrF2N3O3S2.ClH/c10-6-1-2-8(19-6)20(17,18)15-3-7(16)14-5-9(11,12)4-13;/h1-2,15H,3-5,13H2,(H,14,16);1H. The minimum absolute atomic E-state index is 0. The topological polar surface area (TPSA) is 101 Å². The molecule has 0 aliphatic rings. The summed E-state index contributed by atoms with van der Waals surface area (Å²) in [7, 11) is -3.83. The van der Waals surface area contributed by atoms with Crippen LogP contribution in [0.2, 0.25) is 0 Å². The maximum atomic E-state index is 12.8. The van der Waals surface area contributed by atoms with Gasteiger partial charge in [-0.25, -0.2) is 21.9 Å². The monoisotopic (exact) mass is 427 g/mol. The Bertz CT molecular complexity index is 583. The van der Waals surface area contributed by atoms with Crippen LogP contribution >= 0.6 is 39.7 Å². The second-order valence-electron chi connectivity index (χ2n) is 3.72. The van der Waals surface area contributed by atoms with E-state index in [-0.39, 0.29) is 16.6 Å². The number of nitrogens with one attached hydrogen (secondary N) is 2. The van der Waals surface area contributed by atoms with Crippen LogP contribution in [0.15, 0.2) is 20.1 Å². The van der Waals surface area contributed by atoms with Crippen LogP contribution in [0, 0.1) is 0 Å². The van der Waals surface area contributed by atoms with Crippen molar-refractivity contribution in [1.82, 2.24) is 10.0 Å². The lowest BCUT2D eigenvalue weighted by Gasteiger charge is -2.14. The van der Waals surface area contributed by atoms with Crippen molar-refractivity contribution >= 4 is 55.6 Å². The first-order valence-electron chi connectivity index (χ1n) is 5.26. The Kier molecular flexibility index (Phi) is 8.21. The second-order valence-corrected chi connectivity index (χ2v) is 8.18.